The van der Waals surface area contributed by atoms with E-state index in [1.807, 2.05) is 49.8 Å². The topological polar surface area (TPSA) is 203 Å². The minimum atomic E-state index is -1.50. The number of benzene rings is 2. The van der Waals surface area contributed by atoms with Crippen LogP contribution in [0.1, 0.15) is 5.56 Å². The molecule has 0 spiro atoms. The highest BCUT2D eigenvalue weighted by Crippen LogP contribution is 2.40. The standard InChI is InChI=1S/C24H23Cl2N5O3S.2HNO3/c1-30-22(10-28-23(30)35-2)16-3-6-18(7-4-16)32-11-19-12-33-24(34-19,13-31-15-27-14-29-31)20-8-5-17(25)9-21(20)26;2*2-1(3)4/h3-10,14-15,19H,11-13H2,1-2H3;2*(H,2,3,4)/t19-,24-;;/m1../s1. The lowest BCUT2D eigenvalue weighted by molar-refractivity contribution is -0.742. The summed E-state index contributed by atoms with van der Waals surface area (Å²) < 4.78 is 22.3. The maximum Gasteiger partial charge on any atom is 0.291 e. The van der Waals surface area contributed by atoms with E-state index >= 15 is 0 Å². The zero-order valence-corrected chi connectivity index (χ0v) is 24.8. The number of thioether (sulfide) groups is 1. The van der Waals surface area contributed by atoms with Gasteiger partial charge in [0.1, 0.15) is 37.7 Å². The molecule has 230 valence electrons. The molecule has 16 nitrogen and oxygen atoms in total. The SMILES string of the molecule is CSc1ncc(-c2ccc(OC[C@@H]3CO[C@@](Cn4cncn4)(c4ccc(Cl)cc4Cl)O3)cc2)n1C.O=[N+]([O-])O.O=[N+]([O-])O. The molecule has 1 aliphatic rings. The van der Waals surface area contributed by atoms with E-state index in [0.29, 0.717) is 28.8 Å². The van der Waals surface area contributed by atoms with Crippen LogP contribution in [0.3, 0.4) is 0 Å². The van der Waals surface area contributed by atoms with E-state index in [-0.39, 0.29) is 12.6 Å². The van der Waals surface area contributed by atoms with Gasteiger partial charge in [0.15, 0.2) is 5.16 Å². The Hall–Kier alpha value is -4.16. The summed E-state index contributed by atoms with van der Waals surface area (Å²) in [5.74, 6) is -0.398. The lowest BCUT2D eigenvalue weighted by atomic mass is 10.1. The van der Waals surface area contributed by atoms with Crippen LogP contribution < -0.4 is 4.74 Å². The maximum absolute atomic E-state index is 8.36. The molecule has 4 aromatic rings. The van der Waals surface area contributed by atoms with Gasteiger partial charge in [-0.1, -0.05) is 41.0 Å². The fourth-order valence-electron chi connectivity index (χ4n) is 4.04. The normalized spacial score (nSPS) is 17.3. The highest BCUT2D eigenvalue weighted by Gasteiger charge is 2.45. The van der Waals surface area contributed by atoms with Crippen LogP contribution in [-0.2, 0) is 28.9 Å². The van der Waals surface area contributed by atoms with Crippen molar-refractivity contribution in [1.82, 2.24) is 24.3 Å². The first-order valence-electron chi connectivity index (χ1n) is 12.0. The smallest absolute Gasteiger partial charge is 0.291 e. The number of nitrogens with zero attached hydrogens (tertiary/aromatic N) is 7. The Morgan fingerprint density at radius 1 is 1.16 bits per heavy atom. The van der Waals surface area contributed by atoms with Crippen molar-refractivity contribution in [2.45, 2.75) is 23.6 Å². The molecular formula is C24H25Cl2N7O9S. The van der Waals surface area contributed by atoms with Gasteiger partial charge >= 0.3 is 0 Å². The minimum absolute atomic E-state index is 0.280. The Labute approximate surface area is 258 Å². The molecule has 1 fully saturated rings. The zero-order chi connectivity index (χ0) is 31.6. The van der Waals surface area contributed by atoms with Gasteiger partial charge in [0.2, 0.25) is 5.79 Å². The monoisotopic (exact) mass is 657 g/mol. The molecule has 0 amide bonds. The molecule has 3 heterocycles. The summed E-state index contributed by atoms with van der Waals surface area (Å²) in [7, 11) is 2.01. The van der Waals surface area contributed by atoms with Gasteiger partial charge in [-0.25, -0.2) is 14.6 Å². The number of imidazole rings is 1. The number of halogens is 2. The van der Waals surface area contributed by atoms with E-state index < -0.39 is 16.0 Å². The van der Waals surface area contributed by atoms with E-state index in [2.05, 4.69) is 19.6 Å². The lowest BCUT2D eigenvalue weighted by Gasteiger charge is -2.29. The molecule has 2 atom stereocenters. The van der Waals surface area contributed by atoms with Gasteiger partial charge < -0.3 is 29.2 Å². The van der Waals surface area contributed by atoms with Gasteiger partial charge in [-0.15, -0.1) is 20.2 Å². The number of hydrogen-bond donors (Lipinski definition) is 2. The van der Waals surface area contributed by atoms with Crippen LogP contribution in [-0.4, -0.2) is 70.5 Å². The molecule has 1 saturated heterocycles. The highest BCUT2D eigenvalue weighted by atomic mass is 35.5. The van der Waals surface area contributed by atoms with Crippen LogP contribution in [0.4, 0.5) is 0 Å². The summed E-state index contributed by atoms with van der Waals surface area (Å²) in [5, 5.41) is 33.4. The molecule has 1 aliphatic heterocycles. The van der Waals surface area contributed by atoms with E-state index in [9.17, 15) is 0 Å². The third-order valence-corrected chi connectivity index (χ3v) is 7.04. The van der Waals surface area contributed by atoms with E-state index in [0.717, 1.165) is 22.2 Å². The molecule has 0 saturated carbocycles. The van der Waals surface area contributed by atoms with Gasteiger partial charge in [-0.05, 0) is 42.7 Å². The van der Waals surface area contributed by atoms with Crippen LogP contribution >= 0.6 is 35.0 Å². The fourth-order valence-corrected chi connectivity index (χ4v) is 5.13. The molecule has 0 bridgehead atoms. The van der Waals surface area contributed by atoms with E-state index in [1.54, 1.807) is 34.9 Å². The van der Waals surface area contributed by atoms with Crippen LogP contribution in [0.5, 0.6) is 5.75 Å². The fraction of sp³-hybridized carbons (Fsp3) is 0.292. The number of aromatic nitrogens is 5. The molecule has 5 rings (SSSR count). The summed E-state index contributed by atoms with van der Waals surface area (Å²) in [4.78, 5) is 25.2. The van der Waals surface area contributed by atoms with Crippen molar-refractivity contribution in [3.05, 3.63) is 97.2 Å². The van der Waals surface area contributed by atoms with Crippen molar-refractivity contribution in [2.75, 3.05) is 19.5 Å². The maximum atomic E-state index is 8.36. The van der Waals surface area contributed by atoms with Crippen molar-refractivity contribution >= 4 is 35.0 Å². The highest BCUT2D eigenvalue weighted by molar-refractivity contribution is 7.98. The van der Waals surface area contributed by atoms with Crippen molar-refractivity contribution in [3.8, 4) is 17.0 Å². The number of hydrogen-bond acceptors (Lipinski definition) is 11. The molecule has 0 aliphatic carbocycles. The third-order valence-electron chi connectivity index (χ3n) is 5.75. The van der Waals surface area contributed by atoms with Crippen LogP contribution in [0, 0.1) is 20.2 Å². The largest absolute Gasteiger partial charge is 0.491 e. The summed E-state index contributed by atoms with van der Waals surface area (Å²) in [6.07, 6.45) is 6.64. The van der Waals surface area contributed by atoms with Crippen molar-refractivity contribution < 1.29 is 34.8 Å². The Morgan fingerprint density at radius 3 is 2.40 bits per heavy atom. The first-order valence-corrected chi connectivity index (χ1v) is 14.0. The van der Waals surface area contributed by atoms with Crippen molar-refractivity contribution in [2.24, 2.45) is 7.05 Å². The summed E-state index contributed by atoms with van der Waals surface area (Å²) in [5.41, 5.74) is 2.79. The molecule has 2 aromatic carbocycles. The second-order valence-corrected chi connectivity index (χ2v) is 10.1. The van der Waals surface area contributed by atoms with E-state index in [4.69, 9.17) is 68.1 Å². The average molecular weight is 658 g/mol. The molecule has 2 N–H and O–H groups in total. The molecule has 19 heteroatoms. The van der Waals surface area contributed by atoms with Gasteiger partial charge in [0, 0.05) is 23.2 Å². The zero-order valence-electron chi connectivity index (χ0n) is 22.5. The molecular weight excluding hydrogens is 633 g/mol. The molecule has 2 aromatic heterocycles. The Kier molecular flexibility index (Phi) is 11.9. The number of ether oxygens (including phenoxy) is 3. The third kappa shape index (κ3) is 9.42. The van der Waals surface area contributed by atoms with Crippen LogP contribution in [0.15, 0.2) is 66.5 Å². The Bertz CT molecular complexity index is 1490. The van der Waals surface area contributed by atoms with Gasteiger partial charge in [0.05, 0.1) is 23.5 Å². The first-order chi connectivity index (χ1) is 20.4. The minimum Gasteiger partial charge on any atom is -0.491 e. The van der Waals surface area contributed by atoms with E-state index in [1.165, 1.54) is 6.33 Å². The average Bonchev–Trinajstić information content (AvgIpc) is 3.68. The quantitative estimate of drug-likeness (QED) is 0.154. The lowest BCUT2D eigenvalue weighted by Crippen LogP contribution is -2.35. The Morgan fingerprint density at radius 2 is 1.84 bits per heavy atom. The summed E-state index contributed by atoms with van der Waals surface area (Å²) in [6.45, 7) is 0.923. The predicted molar refractivity (Wildman–Crippen MR) is 152 cm³/mol. The molecule has 0 radical (unpaired) electrons. The summed E-state index contributed by atoms with van der Waals surface area (Å²) in [6, 6.07) is 13.2. The van der Waals surface area contributed by atoms with Gasteiger partial charge in [-0.2, -0.15) is 5.10 Å². The first kappa shape index (κ1) is 33.3. The van der Waals surface area contributed by atoms with Gasteiger partial charge in [0.25, 0.3) is 10.2 Å². The summed E-state index contributed by atoms with van der Waals surface area (Å²) >= 11 is 14.2. The molecule has 0 unspecified atom stereocenters. The van der Waals surface area contributed by atoms with Crippen LogP contribution in [0.2, 0.25) is 10.0 Å². The number of rotatable bonds is 8. The molecule has 43 heavy (non-hydrogen) atoms. The predicted octanol–water partition coefficient (Wildman–Crippen LogP) is 4.36. The Balaban J connectivity index is 0.000000566. The van der Waals surface area contributed by atoms with Crippen molar-refractivity contribution in [3.63, 3.8) is 0 Å². The second-order valence-electron chi connectivity index (χ2n) is 8.52. The van der Waals surface area contributed by atoms with Crippen LogP contribution in [0.25, 0.3) is 11.3 Å². The van der Waals surface area contributed by atoms with Gasteiger partial charge in [-0.3, -0.25) is 0 Å². The van der Waals surface area contributed by atoms with Crippen molar-refractivity contribution in [1.29, 1.82) is 0 Å². The second kappa shape index (κ2) is 15.4.